The van der Waals surface area contributed by atoms with Crippen molar-refractivity contribution in [3.05, 3.63) is 65.9 Å². The van der Waals surface area contributed by atoms with E-state index >= 15 is 0 Å². The molecular weight excluding hydrogens is 270 g/mol. The van der Waals surface area contributed by atoms with E-state index in [9.17, 15) is 0 Å². The van der Waals surface area contributed by atoms with Gasteiger partial charge in [0.2, 0.25) is 0 Å². The van der Waals surface area contributed by atoms with Crippen molar-refractivity contribution < 1.29 is 0 Å². The molecule has 1 aromatic carbocycles. The Morgan fingerprint density at radius 1 is 1.00 bits per heavy atom. The molecule has 1 saturated heterocycles. The zero-order chi connectivity index (χ0) is 15.2. The van der Waals surface area contributed by atoms with Crippen molar-refractivity contribution in [3.8, 4) is 0 Å². The quantitative estimate of drug-likeness (QED) is 0.862. The zero-order valence-corrected chi connectivity index (χ0v) is 13.2. The van der Waals surface area contributed by atoms with Crippen molar-refractivity contribution in [2.24, 2.45) is 0 Å². The van der Waals surface area contributed by atoms with Crippen LogP contribution >= 0.6 is 0 Å². The third-order valence-electron chi connectivity index (χ3n) is 4.03. The first kappa shape index (κ1) is 14.8. The summed E-state index contributed by atoms with van der Waals surface area (Å²) in [4.78, 5) is 9.33. The molecule has 0 N–H and O–H groups in total. The second-order valence-corrected chi connectivity index (χ2v) is 5.85. The standard InChI is InChI=1S/C19H23N3/c1-17(15-18-7-3-2-4-8-18)16-21-11-13-22(14-12-21)19-9-5-6-10-20-19/h2-10,15H,11-14,16H2,1H3/b17-15+. The number of piperazine rings is 1. The van der Waals surface area contributed by atoms with Crippen molar-refractivity contribution >= 4 is 11.9 Å². The van der Waals surface area contributed by atoms with Gasteiger partial charge in [0.15, 0.2) is 0 Å². The Bertz CT molecular complexity index is 599. The highest BCUT2D eigenvalue weighted by Gasteiger charge is 2.17. The minimum atomic E-state index is 1.05. The number of aromatic nitrogens is 1. The predicted molar refractivity (Wildman–Crippen MR) is 93.0 cm³/mol. The highest BCUT2D eigenvalue weighted by atomic mass is 15.3. The van der Waals surface area contributed by atoms with Gasteiger partial charge in [-0.3, -0.25) is 4.90 Å². The third-order valence-corrected chi connectivity index (χ3v) is 4.03. The highest BCUT2D eigenvalue weighted by Crippen LogP contribution is 2.14. The van der Waals surface area contributed by atoms with Crippen LogP contribution in [0, 0.1) is 0 Å². The number of pyridine rings is 1. The molecule has 0 amide bonds. The molecule has 114 valence electrons. The maximum absolute atomic E-state index is 4.44. The molecule has 22 heavy (non-hydrogen) atoms. The predicted octanol–water partition coefficient (Wildman–Crippen LogP) is 3.31. The monoisotopic (exact) mass is 293 g/mol. The minimum Gasteiger partial charge on any atom is -0.354 e. The number of rotatable bonds is 4. The van der Waals surface area contributed by atoms with Crippen LogP contribution in [-0.4, -0.2) is 42.6 Å². The Kier molecular flexibility index (Phi) is 4.86. The van der Waals surface area contributed by atoms with Crippen LogP contribution in [0.5, 0.6) is 0 Å². The highest BCUT2D eigenvalue weighted by molar-refractivity contribution is 5.52. The Labute approximate surface area is 132 Å². The summed E-state index contributed by atoms with van der Waals surface area (Å²) in [6.45, 7) is 7.56. The molecule has 3 rings (SSSR count). The molecule has 1 aromatic heterocycles. The van der Waals surface area contributed by atoms with Gasteiger partial charge >= 0.3 is 0 Å². The third kappa shape index (κ3) is 3.95. The normalized spacial score (nSPS) is 16.8. The first-order valence-electron chi connectivity index (χ1n) is 7.92. The van der Waals surface area contributed by atoms with Crippen LogP contribution in [0.25, 0.3) is 6.08 Å². The zero-order valence-electron chi connectivity index (χ0n) is 13.2. The largest absolute Gasteiger partial charge is 0.354 e. The average Bonchev–Trinajstić information content (AvgIpc) is 2.57. The van der Waals surface area contributed by atoms with E-state index in [4.69, 9.17) is 0 Å². The van der Waals surface area contributed by atoms with E-state index in [0.717, 1.165) is 38.5 Å². The Morgan fingerprint density at radius 2 is 1.73 bits per heavy atom. The van der Waals surface area contributed by atoms with Gasteiger partial charge in [0.05, 0.1) is 0 Å². The summed E-state index contributed by atoms with van der Waals surface area (Å²) in [5.41, 5.74) is 2.70. The van der Waals surface area contributed by atoms with Crippen LogP contribution in [0.1, 0.15) is 12.5 Å². The van der Waals surface area contributed by atoms with Crippen molar-refractivity contribution in [2.45, 2.75) is 6.92 Å². The summed E-state index contributed by atoms with van der Waals surface area (Å²) in [6, 6.07) is 16.7. The second kappa shape index (κ2) is 7.23. The van der Waals surface area contributed by atoms with Gasteiger partial charge < -0.3 is 4.90 Å². The molecule has 0 atom stereocenters. The molecule has 0 radical (unpaired) electrons. The molecule has 2 aromatic rings. The topological polar surface area (TPSA) is 19.4 Å². The Balaban J connectivity index is 1.53. The molecule has 1 aliphatic rings. The van der Waals surface area contributed by atoms with E-state index in [0.29, 0.717) is 0 Å². The number of nitrogens with zero attached hydrogens (tertiary/aromatic N) is 3. The van der Waals surface area contributed by atoms with Gasteiger partial charge in [-0.05, 0) is 24.6 Å². The summed E-state index contributed by atoms with van der Waals surface area (Å²) < 4.78 is 0. The second-order valence-electron chi connectivity index (χ2n) is 5.85. The molecule has 0 aliphatic carbocycles. The van der Waals surface area contributed by atoms with Gasteiger partial charge in [-0.25, -0.2) is 4.98 Å². The van der Waals surface area contributed by atoms with Crippen molar-refractivity contribution in [1.29, 1.82) is 0 Å². The fourth-order valence-corrected chi connectivity index (χ4v) is 2.91. The lowest BCUT2D eigenvalue weighted by atomic mass is 10.1. The van der Waals surface area contributed by atoms with E-state index < -0.39 is 0 Å². The molecule has 2 heterocycles. The van der Waals surface area contributed by atoms with Gasteiger partial charge in [-0.1, -0.05) is 48.0 Å². The van der Waals surface area contributed by atoms with E-state index in [-0.39, 0.29) is 0 Å². The lowest BCUT2D eigenvalue weighted by molar-refractivity contribution is 0.278. The minimum absolute atomic E-state index is 1.05. The molecule has 1 fully saturated rings. The molecule has 3 nitrogen and oxygen atoms in total. The average molecular weight is 293 g/mol. The summed E-state index contributed by atoms with van der Waals surface area (Å²) in [5.74, 6) is 1.10. The smallest absolute Gasteiger partial charge is 0.128 e. The Hall–Kier alpha value is -2.13. The summed E-state index contributed by atoms with van der Waals surface area (Å²) in [7, 11) is 0. The molecule has 1 aliphatic heterocycles. The number of hydrogen-bond acceptors (Lipinski definition) is 3. The SMILES string of the molecule is C/C(=C\c1ccccc1)CN1CCN(c2ccccn2)CC1. The van der Waals surface area contributed by atoms with Crippen LogP contribution in [0.2, 0.25) is 0 Å². The maximum Gasteiger partial charge on any atom is 0.128 e. The van der Waals surface area contributed by atoms with E-state index in [1.807, 2.05) is 12.3 Å². The lowest BCUT2D eigenvalue weighted by Gasteiger charge is -2.35. The van der Waals surface area contributed by atoms with Gasteiger partial charge in [0.25, 0.3) is 0 Å². The Morgan fingerprint density at radius 3 is 2.41 bits per heavy atom. The van der Waals surface area contributed by atoms with Gasteiger partial charge in [-0.2, -0.15) is 0 Å². The molecular formula is C19H23N3. The summed E-state index contributed by atoms with van der Waals surface area (Å²) in [6.07, 6.45) is 4.15. The van der Waals surface area contributed by atoms with Crippen LogP contribution in [0.3, 0.4) is 0 Å². The fraction of sp³-hybridized carbons (Fsp3) is 0.316. The van der Waals surface area contributed by atoms with Crippen LogP contribution in [0.15, 0.2) is 60.3 Å². The number of benzene rings is 1. The molecule has 0 spiro atoms. The number of anilines is 1. The summed E-state index contributed by atoms with van der Waals surface area (Å²) >= 11 is 0. The van der Waals surface area contributed by atoms with Gasteiger partial charge in [-0.15, -0.1) is 0 Å². The van der Waals surface area contributed by atoms with Crippen molar-refractivity contribution in [1.82, 2.24) is 9.88 Å². The van der Waals surface area contributed by atoms with Crippen molar-refractivity contribution in [2.75, 3.05) is 37.6 Å². The van der Waals surface area contributed by atoms with E-state index in [1.165, 1.54) is 11.1 Å². The van der Waals surface area contributed by atoms with Crippen LogP contribution < -0.4 is 4.90 Å². The maximum atomic E-state index is 4.44. The van der Waals surface area contributed by atoms with Crippen LogP contribution in [0.4, 0.5) is 5.82 Å². The van der Waals surface area contributed by atoms with E-state index in [2.05, 4.69) is 70.2 Å². The van der Waals surface area contributed by atoms with Crippen LogP contribution in [-0.2, 0) is 0 Å². The lowest BCUT2D eigenvalue weighted by Crippen LogP contribution is -2.47. The molecule has 0 unspecified atom stereocenters. The molecule has 0 saturated carbocycles. The van der Waals surface area contributed by atoms with E-state index in [1.54, 1.807) is 0 Å². The van der Waals surface area contributed by atoms with Gasteiger partial charge in [0.1, 0.15) is 5.82 Å². The van der Waals surface area contributed by atoms with Crippen molar-refractivity contribution in [3.63, 3.8) is 0 Å². The molecule has 3 heteroatoms. The molecule has 0 bridgehead atoms. The number of hydrogen-bond donors (Lipinski definition) is 0. The fourth-order valence-electron chi connectivity index (χ4n) is 2.91. The first-order valence-corrected chi connectivity index (χ1v) is 7.92. The summed E-state index contributed by atoms with van der Waals surface area (Å²) in [5, 5.41) is 0. The first-order chi connectivity index (χ1) is 10.8. The van der Waals surface area contributed by atoms with Gasteiger partial charge in [0, 0.05) is 38.9 Å².